The van der Waals surface area contributed by atoms with Gasteiger partial charge in [-0.2, -0.15) is 0 Å². The minimum absolute atomic E-state index is 0.0627. The normalized spacial score (nSPS) is 13.6. The molecule has 0 fully saturated rings. The van der Waals surface area contributed by atoms with E-state index < -0.39 is 10.0 Å². The highest BCUT2D eigenvalue weighted by atomic mass is 32.2. The highest BCUT2D eigenvalue weighted by Crippen LogP contribution is 2.07. The van der Waals surface area contributed by atoms with Crippen molar-refractivity contribution in [2.75, 3.05) is 27.2 Å². The average molecular weight is 314 g/mol. The standard InChI is InChI=1S/C14H26N4O2S/c1-5-8-15-10-13-6-7-14(16-11-13)21(19,20)17-9-12(2)18(3)4/h6-7,11-12,15,17H,5,8-10H2,1-4H3. The van der Waals surface area contributed by atoms with E-state index in [9.17, 15) is 8.42 Å². The van der Waals surface area contributed by atoms with Crippen molar-refractivity contribution in [2.24, 2.45) is 0 Å². The first kappa shape index (κ1) is 18.0. The molecule has 0 saturated heterocycles. The number of hydrogen-bond acceptors (Lipinski definition) is 5. The van der Waals surface area contributed by atoms with Crippen LogP contribution in [0.5, 0.6) is 0 Å². The van der Waals surface area contributed by atoms with Crippen molar-refractivity contribution in [1.82, 2.24) is 19.9 Å². The summed E-state index contributed by atoms with van der Waals surface area (Å²) in [5.74, 6) is 0. The summed E-state index contributed by atoms with van der Waals surface area (Å²) in [5, 5.41) is 3.31. The van der Waals surface area contributed by atoms with Crippen molar-refractivity contribution >= 4 is 10.0 Å². The lowest BCUT2D eigenvalue weighted by Gasteiger charge is -2.19. The molecule has 0 aliphatic carbocycles. The number of likely N-dealkylation sites (N-methyl/N-ethyl adjacent to an activating group) is 1. The molecule has 0 aliphatic heterocycles. The summed E-state index contributed by atoms with van der Waals surface area (Å²) in [7, 11) is 0.285. The van der Waals surface area contributed by atoms with Crippen molar-refractivity contribution in [3.63, 3.8) is 0 Å². The van der Waals surface area contributed by atoms with Crippen LogP contribution in [-0.2, 0) is 16.6 Å². The van der Waals surface area contributed by atoms with Crippen molar-refractivity contribution in [3.05, 3.63) is 23.9 Å². The summed E-state index contributed by atoms with van der Waals surface area (Å²) in [6.45, 7) is 6.05. The summed E-state index contributed by atoms with van der Waals surface area (Å²) in [6, 6.07) is 3.46. The van der Waals surface area contributed by atoms with Crippen LogP contribution in [0.2, 0.25) is 0 Å². The zero-order valence-corrected chi connectivity index (χ0v) is 14.1. The molecule has 2 N–H and O–H groups in total. The van der Waals surface area contributed by atoms with Crippen LogP contribution in [0.4, 0.5) is 0 Å². The van der Waals surface area contributed by atoms with E-state index in [1.165, 1.54) is 0 Å². The van der Waals surface area contributed by atoms with Crippen molar-refractivity contribution in [2.45, 2.75) is 37.9 Å². The number of nitrogens with zero attached hydrogens (tertiary/aromatic N) is 2. The minimum atomic E-state index is -3.54. The molecule has 1 aromatic heterocycles. The largest absolute Gasteiger partial charge is 0.313 e. The maximum absolute atomic E-state index is 12.1. The fraction of sp³-hybridized carbons (Fsp3) is 0.643. The van der Waals surface area contributed by atoms with Gasteiger partial charge in [0.25, 0.3) is 10.0 Å². The van der Waals surface area contributed by atoms with E-state index in [1.807, 2.05) is 25.9 Å². The average Bonchev–Trinajstić information content (AvgIpc) is 2.45. The Morgan fingerprint density at radius 2 is 2.05 bits per heavy atom. The molecule has 7 heteroatoms. The quantitative estimate of drug-likeness (QED) is 0.660. The van der Waals surface area contributed by atoms with Gasteiger partial charge in [-0.3, -0.25) is 0 Å². The Balaban J connectivity index is 2.62. The van der Waals surface area contributed by atoms with Gasteiger partial charge in [0.2, 0.25) is 0 Å². The second-order valence-electron chi connectivity index (χ2n) is 5.35. The summed E-state index contributed by atoms with van der Waals surface area (Å²) in [5.41, 5.74) is 0.976. The summed E-state index contributed by atoms with van der Waals surface area (Å²) < 4.78 is 26.8. The summed E-state index contributed by atoms with van der Waals surface area (Å²) in [6.07, 6.45) is 2.67. The smallest absolute Gasteiger partial charge is 0.258 e. The maximum Gasteiger partial charge on any atom is 0.258 e. The lowest BCUT2D eigenvalue weighted by Crippen LogP contribution is -2.38. The molecule has 0 spiro atoms. The Bertz CT molecular complexity index is 514. The molecule has 120 valence electrons. The molecule has 1 rings (SSSR count). The Morgan fingerprint density at radius 1 is 1.33 bits per heavy atom. The van der Waals surface area contributed by atoms with E-state index in [-0.39, 0.29) is 11.1 Å². The van der Waals surface area contributed by atoms with E-state index in [0.29, 0.717) is 13.1 Å². The predicted octanol–water partition coefficient (Wildman–Crippen LogP) is 0.810. The van der Waals surface area contributed by atoms with Gasteiger partial charge in [-0.15, -0.1) is 0 Å². The van der Waals surface area contributed by atoms with Crippen LogP contribution >= 0.6 is 0 Å². The molecule has 1 unspecified atom stereocenters. The lowest BCUT2D eigenvalue weighted by atomic mass is 10.3. The third-order valence-electron chi connectivity index (χ3n) is 3.28. The molecule has 1 aromatic rings. The third kappa shape index (κ3) is 6.09. The van der Waals surface area contributed by atoms with E-state index >= 15 is 0 Å². The maximum atomic E-state index is 12.1. The van der Waals surface area contributed by atoms with Gasteiger partial charge < -0.3 is 10.2 Å². The Morgan fingerprint density at radius 3 is 2.57 bits per heavy atom. The summed E-state index contributed by atoms with van der Waals surface area (Å²) >= 11 is 0. The molecule has 6 nitrogen and oxygen atoms in total. The van der Waals surface area contributed by atoms with E-state index in [0.717, 1.165) is 18.5 Å². The first-order valence-corrected chi connectivity index (χ1v) is 8.67. The molecule has 0 aromatic carbocycles. The van der Waals surface area contributed by atoms with E-state index in [4.69, 9.17) is 0 Å². The molecule has 21 heavy (non-hydrogen) atoms. The first-order chi connectivity index (χ1) is 9.86. The highest BCUT2D eigenvalue weighted by molar-refractivity contribution is 7.89. The van der Waals surface area contributed by atoms with Crippen LogP contribution in [0, 0.1) is 0 Å². The predicted molar refractivity (Wildman–Crippen MR) is 84.6 cm³/mol. The molecule has 1 heterocycles. The molecule has 0 radical (unpaired) electrons. The Kier molecular flexibility index (Phi) is 7.24. The van der Waals surface area contributed by atoms with E-state index in [2.05, 4.69) is 21.9 Å². The Hall–Kier alpha value is -1.02. The second-order valence-corrected chi connectivity index (χ2v) is 7.06. The van der Waals surface area contributed by atoms with Gasteiger partial charge >= 0.3 is 0 Å². The zero-order valence-electron chi connectivity index (χ0n) is 13.3. The van der Waals surface area contributed by atoms with E-state index in [1.54, 1.807) is 18.3 Å². The minimum Gasteiger partial charge on any atom is -0.313 e. The number of nitrogens with one attached hydrogen (secondary N) is 2. The van der Waals surface area contributed by atoms with Gasteiger partial charge in [0.05, 0.1) is 0 Å². The van der Waals surface area contributed by atoms with Crippen LogP contribution in [0.25, 0.3) is 0 Å². The van der Waals surface area contributed by atoms with Gasteiger partial charge in [-0.05, 0) is 45.6 Å². The van der Waals surface area contributed by atoms with Crippen molar-refractivity contribution in [1.29, 1.82) is 0 Å². The van der Waals surface area contributed by atoms with Crippen molar-refractivity contribution < 1.29 is 8.42 Å². The molecular formula is C14H26N4O2S. The molecule has 0 bridgehead atoms. The fourth-order valence-corrected chi connectivity index (χ4v) is 2.62. The molecule has 0 saturated carbocycles. The molecule has 0 aliphatic rings. The van der Waals surface area contributed by atoms with Crippen LogP contribution in [-0.4, -0.2) is 51.5 Å². The number of sulfonamides is 1. The SMILES string of the molecule is CCCNCc1ccc(S(=O)(=O)NCC(C)N(C)C)nc1. The highest BCUT2D eigenvalue weighted by Gasteiger charge is 2.17. The topological polar surface area (TPSA) is 74.3 Å². The third-order valence-corrected chi connectivity index (χ3v) is 4.62. The fourth-order valence-electron chi connectivity index (χ4n) is 1.57. The number of hydrogen-bond donors (Lipinski definition) is 2. The number of rotatable bonds is 9. The van der Waals surface area contributed by atoms with Crippen LogP contribution in [0.15, 0.2) is 23.4 Å². The van der Waals surface area contributed by atoms with Gasteiger partial charge in [0, 0.05) is 25.3 Å². The monoisotopic (exact) mass is 314 g/mol. The van der Waals surface area contributed by atoms with Crippen LogP contribution in [0.1, 0.15) is 25.8 Å². The number of aromatic nitrogens is 1. The van der Waals surface area contributed by atoms with Gasteiger partial charge in [-0.25, -0.2) is 18.1 Å². The van der Waals surface area contributed by atoms with Gasteiger partial charge in [-0.1, -0.05) is 13.0 Å². The molecule has 1 atom stereocenters. The van der Waals surface area contributed by atoms with Crippen molar-refractivity contribution in [3.8, 4) is 0 Å². The second kappa shape index (κ2) is 8.43. The number of pyridine rings is 1. The first-order valence-electron chi connectivity index (χ1n) is 7.18. The van der Waals surface area contributed by atoms with Gasteiger partial charge in [0.1, 0.15) is 0 Å². The van der Waals surface area contributed by atoms with Gasteiger partial charge in [0.15, 0.2) is 5.03 Å². The molecule has 0 amide bonds. The Labute approximate surface area is 128 Å². The molecular weight excluding hydrogens is 288 g/mol. The van der Waals surface area contributed by atoms with Crippen LogP contribution in [0.3, 0.4) is 0 Å². The van der Waals surface area contributed by atoms with Crippen LogP contribution < -0.4 is 10.0 Å². The summed E-state index contributed by atoms with van der Waals surface area (Å²) in [4.78, 5) is 6.00. The zero-order chi connectivity index (χ0) is 15.9. The lowest BCUT2D eigenvalue weighted by molar-refractivity contribution is 0.314.